The molecule has 1 N–H and O–H groups in total. The molecule has 0 saturated heterocycles. The molecular formula is C13H14Br2O3. The Bertz CT molecular complexity index is 424. The lowest BCUT2D eigenvalue weighted by Crippen LogP contribution is -2.28. The number of aliphatic hydroxyl groups is 1. The van der Waals surface area contributed by atoms with E-state index in [1.165, 1.54) is 0 Å². The molecular weight excluding hydrogens is 364 g/mol. The number of carbonyl (C=O) groups excluding carboxylic acids is 1. The fraction of sp³-hybridized carbons (Fsp3) is 0.462. The molecule has 1 saturated carbocycles. The first kappa shape index (κ1) is 14.0. The summed E-state index contributed by atoms with van der Waals surface area (Å²) in [5.74, 6) is -0.619. The Morgan fingerprint density at radius 2 is 2.17 bits per heavy atom. The summed E-state index contributed by atoms with van der Waals surface area (Å²) in [5.41, 5.74) is 0.916. The van der Waals surface area contributed by atoms with Gasteiger partial charge < -0.3 is 9.84 Å². The van der Waals surface area contributed by atoms with Crippen LogP contribution in [0.25, 0.3) is 0 Å². The Labute approximate surface area is 123 Å². The van der Waals surface area contributed by atoms with Gasteiger partial charge in [0.25, 0.3) is 0 Å². The maximum absolute atomic E-state index is 11.7. The lowest BCUT2D eigenvalue weighted by Gasteiger charge is -2.12. The number of hydrogen-bond acceptors (Lipinski definition) is 3. The number of rotatable bonds is 5. The molecule has 98 valence electrons. The van der Waals surface area contributed by atoms with Crippen LogP contribution in [0.5, 0.6) is 0 Å². The molecule has 0 amide bonds. The Hall–Kier alpha value is -0.390. The molecule has 1 aromatic carbocycles. The molecule has 0 unspecified atom stereocenters. The van der Waals surface area contributed by atoms with Crippen LogP contribution in [0.1, 0.15) is 12.0 Å². The van der Waals surface area contributed by atoms with Crippen LogP contribution in [0.2, 0.25) is 0 Å². The van der Waals surface area contributed by atoms with E-state index in [9.17, 15) is 9.90 Å². The molecule has 0 aromatic heterocycles. The molecule has 0 heterocycles. The lowest BCUT2D eigenvalue weighted by atomic mass is 10.2. The third-order valence-electron chi connectivity index (χ3n) is 3.13. The number of esters is 1. The van der Waals surface area contributed by atoms with Crippen LogP contribution in [0.3, 0.4) is 0 Å². The largest absolute Gasteiger partial charge is 0.459 e. The molecule has 0 aliphatic heterocycles. The fourth-order valence-electron chi connectivity index (χ4n) is 1.83. The van der Waals surface area contributed by atoms with Gasteiger partial charge in [-0.25, -0.2) is 4.79 Å². The van der Waals surface area contributed by atoms with Gasteiger partial charge in [0.2, 0.25) is 0 Å². The van der Waals surface area contributed by atoms with Gasteiger partial charge >= 0.3 is 5.97 Å². The number of halogens is 2. The van der Waals surface area contributed by atoms with Gasteiger partial charge in [-0.3, -0.25) is 0 Å². The summed E-state index contributed by atoms with van der Waals surface area (Å²) in [6.45, 7) is 0.201. The second-order valence-electron chi connectivity index (χ2n) is 4.52. The number of alkyl halides is 2. The van der Waals surface area contributed by atoms with Crippen molar-refractivity contribution in [3.8, 4) is 0 Å². The monoisotopic (exact) mass is 376 g/mol. The highest BCUT2D eigenvalue weighted by molar-refractivity contribution is 9.12. The molecule has 2 rings (SSSR count). The van der Waals surface area contributed by atoms with Crippen LogP contribution < -0.4 is 0 Å². The molecule has 3 atom stereocenters. The Balaban J connectivity index is 1.82. The molecule has 1 fully saturated rings. The topological polar surface area (TPSA) is 46.5 Å². The predicted molar refractivity (Wildman–Crippen MR) is 75.8 cm³/mol. The van der Waals surface area contributed by atoms with Crippen LogP contribution in [0.15, 0.2) is 30.3 Å². The molecule has 5 heteroatoms. The van der Waals surface area contributed by atoms with Crippen molar-refractivity contribution in [1.82, 2.24) is 0 Å². The zero-order chi connectivity index (χ0) is 13.2. The number of hydrogen-bond donors (Lipinski definition) is 1. The van der Waals surface area contributed by atoms with Gasteiger partial charge in [0, 0.05) is 15.6 Å². The van der Waals surface area contributed by atoms with Gasteiger partial charge in [0.15, 0.2) is 6.10 Å². The second-order valence-corrected chi connectivity index (χ2v) is 6.66. The van der Waals surface area contributed by atoms with Crippen LogP contribution in [0, 0.1) is 5.92 Å². The Kier molecular flexibility index (Phi) is 4.45. The molecule has 18 heavy (non-hydrogen) atoms. The first-order chi connectivity index (χ1) is 8.57. The van der Waals surface area contributed by atoms with E-state index in [1.54, 1.807) is 0 Å². The van der Waals surface area contributed by atoms with Crippen molar-refractivity contribution in [1.29, 1.82) is 0 Å². The van der Waals surface area contributed by atoms with Gasteiger partial charge in [-0.05, 0) is 12.0 Å². The highest BCUT2D eigenvalue weighted by atomic mass is 79.9. The summed E-state index contributed by atoms with van der Waals surface area (Å²) in [6.07, 6.45) is -0.273. The third kappa shape index (κ3) is 3.13. The normalized spacial score (nSPS) is 27.6. The molecule has 1 aromatic rings. The summed E-state index contributed by atoms with van der Waals surface area (Å²) >= 11 is 6.86. The van der Waals surface area contributed by atoms with Crippen LogP contribution in [0.4, 0.5) is 0 Å². The van der Waals surface area contributed by atoms with Gasteiger partial charge in [0.1, 0.15) is 6.61 Å². The van der Waals surface area contributed by atoms with Gasteiger partial charge in [-0.15, -0.1) is 0 Å². The summed E-state index contributed by atoms with van der Waals surface area (Å²) in [4.78, 5) is 11.7. The molecule has 1 aliphatic rings. The van der Waals surface area contributed by atoms with E-state index in [0.717, 1.165) is 12.0 Å². The minimum Gasteiger partial charge on any atom is -0.459 e. The molecule has 3 nitrogen and oxygen atoms in total. The van der Waals surface area contributed by atoms with E-state index in [2.05, 4.69) is 31.9 Å². The first-order valence-electron chi connectivity index (χ1n) is 5.70. The molecule has 0 spiro atoms. The summed E-state index contributed by atoms with van der Waals surface area (Å²) in [5, 5.41) is 10.6. The van der Waals surface area contributed by atoms with Crippen molar-refractivity contribution in [3.63, 3.8) is 0 Å². The molecule has 1 aliphatic carbocycles. The SMILES string of the molecule is O=C(OCc1ccccc1)[C@H](O)[C@H]1C[C@@]1(Br)CBr. The average Bonchev–Trinajstić information content (AvgIpc) is 3.09. The predicted octanol–water partition coefficient (Wildman–Crippen LogP) is 2.64. The first-order valence-corrected chi connectivity index (χ1v) is 7.62. The number of ether oxygens (including phenoxy) is 1. The highest BCUT2D eigenvalue weighted by Gasteiger charge is 2.57. The smallest absolute Gasteiger partial charge is 0.335 e. The van der Waals surface area contributed by atoms with Crippen molar-refractivity contribution in [3.05, 3.63) is 35.9 Å². The maximum Gasteiger partial charge on any atom is 0.335 e. The minimum absolute atomic E-state index is 0.0693. The molecule has 0 radical (unpaired) electrons. The zero-order valence-electron chi connectivity index (χ0n) is 9.68. The summed E-state index contributed by atoms with van der Waals surface area (Å²) < 4.78 is 4.95. The van der Waals surface area contributed by atoms with Crippen molar-refractivity contribution in [2.45, 2.75) is 23.5 Å². The van der Waals surface area contributed by atoms with Crippen molar-refractivity contribution in [2.24, 2.45) is 5.92 Å². The molecule has 0 bridgehead atoms. The maximum atomic E-state index is 11.7. The quantitative estimate of drug-likeness (QED) is 0.633. The van der Waals surface area contributed by atoms with E-state index in [-0.39, 0.29) is 16.8 Å². The van der Waals surface area contributed by atoms with Crippen molar-refractivity contribution in [2.75, 3.05) is 5.33 Å². The van der Waals surface area contributed by atoms with Crippen LogP contribution in [-0.2, 0) is 16.1 Å². The van der Waals surface area contributed by atoms with E-state index in [4.69, 9.17) is 4.74 Å². The number of aliphatic hydroxyl groups excluding tert-OH is 1. The summed E-state index contributed by atoms with van der Waals surface area (Å²) in [6, 6.07) is 9.43. The van der Waals surface area contributed by atoms with E-state index in [1.807, 2.05) is 30.3 Å². The summed E-state index contributed by atoms with van der Waals surface area (Å²) in [7, 11) is 0. The number of benzene rings is 1. The highest BCUT2D eigenvalue weighted by Crippen LogP contribution is 2.54. The van der Waals surface area contributed by atoms with Crippen molar-refractivity contribution < 1.29 is 14.6 Å². The van der Waals surface area contributed by atoms with E-state index in [0.29, 0.717) is 5.33 Å². The lowest BCUT2D eigenvalue weighted by molar-refractivity contribution is -0.156. The van der Waals surface area contributed by atoms with Crippen LogP contribution >= 0.6 is 31.9 Å². The average molecular weight is 378 g/mol. The minimum atomic E-state index is -1.05. The van der Waals surface area contributed by atoms with Gasteiger partial charge in [-0.2, -0.15) is 0 Å². The van der Waals surface area contributed by atoms with Gasteiger partial charge in [0.05, 0.1) is 0 Å². The fourth-order valence-corrected chi connectivity index (χ4v) is 3.08. The Morgan fingerprint density at radius 1 is 1.50 bits per heavy atom. The standard InChI is InChI=1S/C13H14Br2O3/c14-8-13(15)6-10(13)11(16)12(17)18-7-9-4-2-1-3-5-9/h1-5,10-11,16H,6-8H2/t10-,11-,13-/m1/s1. The van der Waals surface area contributed by atoms with Gasteiger partial charge in [-0.1, -0.05) is 62.2 Å². The second kappa shape index (κ2) is 5.72. The van der Waals surface area contributed by atoms with Crippen LogP contribution in [-0.4, -0.2) is 26.8 Å². The van der Waals surface area contributed by atoms with E-state index < -0.39 is 12.1 Å². The zero-order valence-corrected chi connectivity index (χ0v) is 12.9. The van der Waals surface area contributed by atoms with E-state index >= 15 is 0 Å². The third-order valence-corrected chi connectivity index (χ3v) is 6.08. The van der Waals surface area contributed by atoms with Crippen molar-refractivity contribution >= 4 is 37.8 Å². The Morgan fingerprint density at radius 3 is 2.72 bits per heavy atom. The number of carbonyl (C=O) groups is 1.